The molecule has 0 aliphatic carbocycles. The third-order valence-corrected chi connectivity index (χ3v) is 4.47. The normalized spacial score (nSPS) is 11.0. The molecule has 0 spiro atoms. The van der Waals surface area contributed by atoms with Crippen molar-refractivity contribution in [3.63, 3.8) is 0 Å². The third-order valence-electron chi connectivity index (χ3n) is 3.58. The predicted molar refractivity (Wildman–Crippen MR) is 96.4 cm³/mol. The lowest BCUT2D eigenvalue weighted by molar-refractivity contribution is 0.102. The van der Waals surface area contributed by atoms with E-state index in [1.807, 2.05) is 32.0 Å². The molecule has 4 nitrogen and oxygen atoms in total. The summed E-state index contributed by atoms with van der Waals surface area (Å²) >= 11 is 9.49. The molecule has 0 unspecified atom stereocenters. The maximum Gasteiger partial charge on any atom is 0.274 e. The first-order chi connectivity index (χ1) is 11.0. The van der Waals surface area contributed by atoms with E-state index in [1.54, 1.807) is 22.7 Å². The molecule has 0 atom stereocenters. The van der Waals surface area contributed by atoms with Crippen LogP contribution in [-0.4, -0.2) is 15.3 Å². The number of rotatable bonds is 3. The van der Waals surface area contributed by atoms with Gasteiger partial charge in [-0.3, -0.25) is 9.20 Å². The lowest BCUT2D eigenvalue weighted by atomic mass is 10.2. The number of benzene rings is 1. The number of halogens is 2. The first-order valence-electron chi connectivity index (χ1n) is 7.23. The molecule has 0 saturated carbocycles. The van der Waals surface area contributed by atoms with E-state index in [0.717, 1.165) is 21.4 Å². The summed E-state index contributed by atoms with van der Waals surface area (Å²) < 4.78 is 2.61. The largest absolute Gasteiger partial charge is 0.320 e. The molecule has 0 aliphatic heterocycles. The lowest BCUT2D eigenvalue weighted by Crippen LogP contribution is -2.16. The van der Waals surface area contributed by atoms with Gasteiger partial charge < -0.3 is 5.32 Å². The highest BCUT2D eigenvalue weighted by molar-refractivity contribution is 9.10. The number of hydrogen-bond donors (Lipinski definition) is 1. The van der Waals surface area contributed by atoms with Crippen LogP contribution >= 0.6 is 27.5 Å². The highest BCUT2D eigenvalue weighted by Crippen LogP contribution is 2.25. The molecule has 6 heteroatoms. The Balaban J connectivity index is 2.03. The number of carbonyl (C=O) groups is 1. The second-order valence-corrected chi connectivity index (χ2v) is 6.56. The topological polar surface area (TPSA) is 46.4 Å². The number of nitrogens with one attached hydrogen (secondary N) is 1. The van der Waals surface area contributed by atoms with Gasteiger partial charge in [0.15, 0.2) is 0 Å². The van der Waals surface area contributed by atoms with E-state index in [1.165, 1.54) is 0 Å². The van der Waals surface area contributed by atoms with Gasteiger partial charge in [-0.05, 0) is 53.0 Å². The molecule has 1 aromatic carbocycles. The van der Waals surface area contributed by atoms with Gasteiger partial charge in [-0.25, -0.2) is 4.98 Å². The van der Waals surface area contributed by atoms with E-state index in [4.69, 9.17) is 11.6 Å². The molecule has 23 heavy (non-hydrogen) atoms. The zero-order valence-electron chi connectivity index (χ0n) is 12.7. The number of carbonyl (C=O) groups excluding carboxylic acids is 1. The van der Waals surface area contributed by atoms with Crippen molar-refractivity contribution in [2.75, 3.05) is 5.32 Å². The standard InChI is InChI=1S/C17H15BrClN3O/c1-3-13-16(22-7-6-11(19)9-15(22)20-13)17(23)21-14-5-4-10(2)8-12(14)18/h4-9H,3H2,1-2H3,(H,21,23). The van der Waals surface area contributed by atoms with E-state index < -0.39 is 0 Å². The number of imidazole rings is 1. The minimum Gasteiger partial charge on any atom is -0.320 e. The monoisotopic (exact) mass is 391 g/mol. The Morgan fingerprint density at radius 3 is 2.83 bits per heavy atom. The minimum absolute atomic E-state index is 0.193. The van der Waals surface area contributed by atoms with Crippen molar-refractivity contribution in [3.8, 4) is 0 Å². The summed E-state index contributed by atoms with van der Waals surface area (Å²) in [5.41, 5.74) is 3.79. The number of anilines is 1. The van der Waals surface area contributed by atoms with Crippen molar-refractivity contribution in [1.29, 1.82) is 0 Å². The minimum atomic E-state index is -0.193. The second-order valence-electron chi connectivity index (χ2n) is 5.27. The number of fused-ring (bicyclic) bond motifs is 1. The van der Waals surface area contributed by atoms with Gasteiger partial charge in [-0.2, -0.15) is 0 Å². The zero-order valence-corrected chi connectivity index (χ0v) is 15.1. The summed E-state index contributed by atoms with van der Waals surface area (Å²) in [5, 5.41) is 3.54. The predicted octanol–water partition coefficient (Wildman–Crippen LogP) is 4.87. The summed E-state index contributed by atoms with van der Waals surface area (Å²) in [5.74, 6) is -0.193. The first-order valence-corrected chi connectivity index (χ1v) is 8.40. The highest BCUT2D eigenvalue weighted by Gasteiger charge is 2.19. The van der Waals surface area contributed by atoms with Crippen LogP contribution in [0.1, 0.15) is 28.7 Å². The van der Waals surface area contributed by atoms with Crippen LogP contribution in [0.3, 0.4) is 0 Å². The maximum absolute atomic E-state index is 12.8. The number of nitrogens with zero attached hydrogens (tertiary/aromatic N) is 2. The molecular formula is C17H15BrClN3O. The van der Waals surface area contributed by atoms with Crippen molar-refractivity contribution in [2.45, 2.75) is 20.3 Å². The van der Waals surface area contributed by atoms with Gasteiger partial charge in [-0.1, -0.05) is 24.6 Å². The Hall–Kier alpha value is -1.85. The van der Waals surface area contributed by atoms with Crippen LogP contribution in [0, 0.1) is 6.92 Å². The smallest absolute Gasteiger partial charge is 0.274 e. The van der Waals surface area contributed by atoms with Gasteiger partial charge in [0, 0.05) is 21.8 Å². The Labute approximate surface area is 147 Å². The molecule has 1 amide bonds. The Kier molecular flexibility index (Phi) is 4.41. The van der Waals surface area contributed by atoms with Crippen molar-refractivity contribution < 1.29 is 4.79 Å². The van der Waals surface area contributed by atoms with Gasteiger partial charge in [0.1, 0.15) is 11.3 Å². The van der Waals surface area contributed by atoms with Gasteiger partial charge in [-0.15, -0.1) is 0 Å². The van der Waals surface area contributed by atoms with Crippen LogP contribution in [0.15, 0.2) is 41.0 Å². The van der Waals surface area contributed by atoms with E-state index in [-0.39, 0.29) is 5.91 Å². The molecule has 2 heterocycles. The Bertz CT molecular complexity index is 904. The molecule has 0 bridgehead atoms. The average molecular weight is 393 g/mol. The van der Waals surface area contributed by atoms with E-state index in [9.17, 15) is 4.79 Å². The van der Waals surface area contributed by atoms with Crippen LogP contribution in [0.4, 0.5) is 5.69 Å². The Morgan fingerprint density at radius 2 is 2.13 bits per heavy atom. The molecule has 118 valence electrons. The molecule has 3 aromatic rings. The average Bonchev–Trinajstić information content (AvgIpc) is 2.87. The van der Waals surface area contributed by atoms with Crippen LogP contribution in [0.5, 0.6) is 0 Å². The molecule has 2 aromatic heterocycles. The highest BCUT2D eigenvalue weighted by atomic mass is 79.9. The molecule has 1 N–H and O–H groups in total. The number of pyridine rings is 1. The summed E-state index contributed by atoms with van der Waals surface area (Å²) in [7, 11) is 0. The fraction of sp³-hybridized carbons (Fsp3) is 0.176. The molecule has 0 radical (unpaired) electrons. The summed E-state index contributed by atoms with van der Waals surface area (Å²) in [6.07, 6.45) is 2.43. The van der Waals surface area contributed by atoms with Gasteiger partial charge >= 0.3 is 0 Å². The third kappa shape index (κ3) is 3.12. The maximum atomic E-state index is 12.8. The molecule has 0 aliphatic rings. The molecule has 0 saturated heterocycles. The first kappa shape index (κ1) is 16.0. The van der Waals surface area contributed by atoms with Crippen molar-refractivity contribution >= 4 is 44.8 Å². The number of aryl methyl sites for hydroxylation is 2. The summed E-state index contributed by atoms with van der Waals surface area (Å²) in [4.78, 5) is 17.3. The zero-order chi connectivity index (χ0) is 16.6. The van der Waals surface area contributed by atoms with Crippen molar-refractivity contribution in [3.05, 3.63) is 63.0 Å². The number of aromatic nitrogens is 2. The van der Waals surface area contributed by atoms with Crippen LogP contribution in [0.2, 0.25) is 5.02 Å². The summed E-state index contributed by atoms with van der Waals surface area (Å²) in [6.45, 7) is 3.97. The van der Waals surface area contributed by atoms with E-state index in [0.29, 0.717) is 22.8 Å². The molecular weight excluding hydrogens is 378 g/mol. The molecule has 0 fully saturated rings. The Morgan fingerprint density at radius 1 is 1.35 bits per heavy atom. The van der Waals surface area contributed by atoms with E-state index in [2.05, 4.69) is 26.2 Å². The van der Waals surface area contributed by atoms with Gasteiger partial charge in [0.2, 0.25) is 0 Å². The van der Waals surface area contributed by atoms with E-state index >= 15 is 0 Å². The van der Waals surface area contributed by atoms with Crippen LogP contribution in [0.25, 0.3) is 5.65 Å². The van der Waals surface area contributed by atoms with Gasteiger partial charge in [0.05, 0.1) is 11.4 Å². The SMILES string of the molecule is CCc1nc2cc(Cl)ccn2c1C(=O)Nc1ccc(C)cc1Br. The summed E-state index contributed by atoms with van der Waals surface area (Å²) in [6, 6.07) is 9.29. The second kappa shape index (κ2) is 6.34. The van der Waals surface area contributed by atoms with Crippen molar-refractivity contribution in [2.24, 2.45) is 0 Å². The van der Waals surface area contributed by atoms with Gasteiger partial charge in [0.25, 0.3) is 5.91 Å². The fourth-order valence-corrected chi connectivity index (χ4v) is 3.20. The van der Waals surface area contributed by atoms with Crippen LogP contribution in [-0.2, 0) is 6.42 Å². The van der Waals surface area contributed by atoms with Crippen molar-refractivity contribution in [1.82, 2.24) is 9.38 Å². The fourth-order valence-electron chi connectivity index (χ4n) is 2.46. The number of hydrogen-bond acceptors (Lipinski definition) is 2. The van der Waals surface area contributed by atoms with Crippen LogP contribution < -0.4 is 5.32 Å². The quantitative estimate of drug-likeness (QED) is 0.691. The number of amides is 1. The molecule has 3 rings (SSSR count). The lowest BCUT2D eigenvalue weighted by Gasteiger charge is -2.09.